The summed E-state index contributed by atoms with van der Waals surface area (Å²) in [6.45, 7) is 0. The van der Waals surface area contributed by atoms with Crippen molar-refractivity contribution in [2.24, 2.45) is 0 Å². The van der Waals surface area contributed by atoms with E-state index >= 15 is 0 Å². The maximum Gasteiger partial charge on any atom is -0.00203 e. The third kappa shape index (κ3) is 5.47. The summed E-state index contributed by atoms with van der Waals surface area (Å²) < 4.78 is 0. The predicted molar refractivity (Wildman–Crippen MR) is 266 cm³/mol. The van der Waals surface area contributed by atoms with E-state index in [1.807, 2.05) is 0 Å². The van der Waals surface area contributed by atoms with E-state index in [-0.39, 0.29) is 0 Å². The molecule has 0 heteroatoms. The average molecular weight is 783 g/mol. The van der Waals surface area contributed by atoms with E-state index < -0.39 is 0 Å². The monoisotopic (exact) mass is 782 g/mol. The summed E-state index contributed by atoms with van der Waals surface area (Å²) in [7, 11) is 0. The summed E-state index contributed by atoms with van der Waals surface area (Å²) >= 11 is 0. The SMILES string of the molecule is c1ccc(-c2ccc(-c3ccc4ccc5c(-c6cccc(-c7cccc(-c8cccc(-c9ccc%10ccc%11cccc%12ccc9c%10c%11%12)c8)c7)c6)ccc6ccc3c4c65)cc2)cc1. The fourth-order valence-corrected chi connectivity index (χ4v) is 10.4. The van der Waals surface area contributed by atoms with Crippen LogP contribution in [0.5, 0.6) is 0 Å². The molecule has 0 fully saturated rings. The lowest BCUT2D eigenvalue weighted by Crippen LogP contribution is -1.90. The Morgan fingerprint density at radius 1 is 0.161 bits per heavy atom. The van der Waals surface area contributed by atoms with Crippen LogP contribution in [0.1, 0.15) is 0 Å². The molecule has 0 aromatic heterocycles. The van der Waals surface area contributed by atoms with Crippen molar-refractivity contribution in [3.05, 3.63) is 231 Å². The van der Waals surface area contributed by atoms with Gasteiger partial charge < -0.3 is 0 Å². The van der Waals surface area contributed by atoms with Crippen LogP contribution in [0, 0.1) is 0 Å². The van der Waals surface area contributed by atoms with Crippen LogP contribution in [-0.4, -0.2) is 0 Å². The Morgan fingerprint density at radius 2 is 0.468 bits per heavy atom. The first-order valence-electron chi connectivity index (χ1n) is 21.6. The second kappa shape index (κ2) is 13.7. The zero-order valence-corrected chi connectivity index (χ0v) is 33.9. The van der Waals surface area contributed by atoms with Crippen molar-refractivity contribution in [3.63, 3.8) is 0 Å². The second-order valence-electron chi connectivity index (χ2n) is 16.8. The van der Waals surface area contributed by atoms with Gasteiger partial charge in [-0.25, -0.2) is 0 Å². The van der Waals surface area contributed by atoms with Crippen LogP contribution in [0.4, 0.5) is 0 Å². The molecule has 0 saturated heterocycles. The van der Waals surface area contributed by atoms with E-state index in [0.717, 1.165) is 0 Å². The molecule has 0 spiro atoms. The third-order valence-corrected chi connectivity index (χ3v) is 13.4. The molecule has 0 N–H and O–H groups in total. The minimum atomic E-state index is 1.21. The van der Waals surface area contributed by atoms with Gasteiger partial charge in [0.2, 0.25) is 0 Å². The summed E-state index contributed by atoms with van der Waals surface area (Å²) in [6.07, 6.45) is 0. The van der Waals surface area contributed by atoms with Gasteiger partial charge in [-0.3, -0.25) is 0 Å². The van der Waals surface area contributed by atoms with Crippen molar-refractivity contribution in [1.29, 1.82) is 0 Å². The molecule has 0 aliphatic carbocycles. The van der Waals surface area contributed by atoms with Crippen molar-refractivity contribution in [2.75, 3.05) is 0 Å². The van der Waals surface area contributed by atoms with Gasteiger partial charge in [0.05, 0.1) is 0 Å². The molecule has 13 aromatic carbocycles. The lowest BCUT2D eigenvalue weighted by atomic mass is 9.86. The van der Waals surface area contributed by atoms with Gasteiger partial charge in [-0.05, 0) is 150 Å². The molecule has 0 amide bonds. The van der Waals surface area contributed by atoms with Crippen LogP contribution >= 0.6 is 0 Å². The molecule has 0 heterocycles. The lowest BCUT2D eigenvalue weighted by Gasteiger charge is -2.17. The van der Waals surface area contributed by atoms with Crippen molar-refractivity contribution >= 4 is 64.6 Å². The van der Waals surface area contributed by atoms with Crippen LogP contribution in [0.3, 0.4) is 0 Å². The Hall–Kier alpha value is -8.06. The standard InChI is InChI=1S/C62H38/c1-2-8-39(9-3-1)40-18-20-41(21-19-40)53-30-24-45-29-35-58-55(32-26-46-28-34-56(53)61(45)62(46)58)52-17-7-15-50(38-52)48-13-5-12-47(36-48)49-14-6-16-51(37-49)54-31-25-44-23-22-42-10-4-11-43-27-33-57(54)60(44)59(42)43/h1-38H. The van der Waals surface area contributed by atoms with E-state index in [2.05, 4.69) is 231 Å². The molecule has 0 aliphatic rings. The maximum atomic E-state index is 2.37. The van der Waals surface area contributed by atoms with Crippen LogP contribution in [0.25, 0.3) is 131 Å². The van der Waals surface area contributed by atoms with Gasteiger partial charge in [-0.2, -0.15) is 0 Å². The van der Waals surface area contributed by atoms with Gasteiger partial charge in [0.15, 0.2) is 0 Å². The predicted octanol–water partition coefficient (Wildman–Crippen LogP) is 17.5. The number of hydrogen-bond acceptors (Lipinski definition) is 0. The van der Waals surface area contributed by atoms with E-state index in [4.69, 9.17) is 0 Å². The van der Waals surface area contributed by atoms with Crippen LogP contribution < -0.4 is 0 Å². The van der Waals surface area contributed by atoms with Gasteiger partial charge in [0.25, 0.3) is 0 Å². The van der Waals surface area contributed by atoms with Crippen molar-refractivity contribution in [3.8, 4) is 66.8 Å². The van der Waals surface area contributed by atoms with E-state index in [1.165, 1.54) is 131 Å². The van der Waals surface area contributed by atoms with Crippen LogP contribution in [0.2, 0.25) is 0 Å². The molecular weight excluding hydrogens is 745 g/mol. The maximum absolute atomic E-state index is 2.37. The highest BCUT2D eigenvalue weighted by molar-refractivity contribution is 6.28. The van der Waals surface area contributed by atoms with Crippen LogP contribution in [-0.2, 0) is 0 Å². The zero-order chi connectivity index (χ0) is 40.7. The highest BCUT2D eigenvalue weighted by atomic mass is 14.2. The van der Waals surface area contributed by atoms with E-state index in [1.54, 1.807) is 0 Å². The Kier molecular flexibility index (Phi) is 7.71. The summed E-state index contributed by atoms with van der Waals surface area (Å²) in [5.41, 5.74) is 14.8. The number of rotatable bonds is 6. The normalized spacial score (nSPS) is 11.9. The fourth-order valence-electron chi connectivity index (χ4n) is 10.4. The van der Waals surface area contributed by atoms with Crippen LogP contribution in [0.15, 0.2) is 231 Å². The van der Waals surface area contributed by atoms with E-state index in [0.29, 0.717) is 0 Å². The van der Waals surface area contributed by atoms with Gasteiger partial charge in [-0.1, -0.05) is 212 Å². The minimum absolute atomic E-state index is 1.21. The molecular formula is C62H38. The number of benzene rings is 13. The molecule has 0 bridgehead atoms. The van der Waals surface area contributed by atoms with Crippen molar-refractivity contribution in [2.45, 2.75) is 0 Å². The lowest BCUT2D eigenvalue weighted by molar-refractivity contribution is 1.58. The van der Waals surface area contributed by atoms with Gasteiger partial charge in [0, 0.05) is 0 Å². The summed E-state index contributed by atoms with van der Waals surface area (Å²) in [5, 5.41) is 15.7. The molecule has 0 unspecified atom stereocenters. The summed E-state index contributed by atoms with van der Waals surface area (Å²) in [5.74, 6) is 0. The highest BCUT2D eigenvalue weighted by Gasteiger charge is 2.17. The average Bonchev–Trinajstić information content (AvgIpc) is 3.35. The minimum Gasteiger partial charge on any atom is -0.0622 e. The van der Waals surface area contributed by atoms with Crippen molar-refractivity contribution < 1.29 is 0 Å². The molecule has 286 valence electrons. The molecule has 0 nitrogen and oxygen atoms in total. The molecule has 0 radical (unpaired) electrons. The topological polar surface area (TPSA) is 0 Å². The number of hydrogen-bond donors (Lipinski definition) is 0. The molecule has 13 aromatic rings. The largest absolute Gasteiger partial charge is 0.0622 e. The first kappa shape index (κ1) is 34.8. The molecule has 62 heavy (non-hydrogen) atoms. The molecule has 0 saturated carbocycles. The molecule has 0 atom stereocenters. The van der Waals surface area contributed by atoms with Crippen molar-refractivity contribution in [1.82, 2.24) is 0 Å². The zero-order valence-electron chi connectivity index (χ0n) is 33.9. The Morgan fingerprint density at radius 3 is 0.952 bits per heavy atom. The Bertz CT molecular complexity index is 3820. The van der Waals surface area contributed by atoms with Gasteiger partial charge in [-0.15, -0.1) is 0 Å². The second-order valence-corrected chi connectivity index (χ2v) is 16.8. The molecule has 13 rings (SSSR count). The smallest absolute Gasteiger partial charge is 0.00203 e. The summed E-state index contributed by atoms with van der Waals surface area (Å²) in [6, 6.07) is 85.6. The Balaban J connectivity index is 0.869. The molecule has 0 aliphatic heterocycles. The summed E-state index contributed by atoms with van der Waals surface area (Å²) in [4.78, 5) is 0. The van der Waals surface area contributed by atoms with Gasteiger partial charge in [0.1, 0.15) is 0 Å². The first-order valence-corrected chi connectivity index (χ1v) is 21.6. The van der Waals surface area contributed by atoms with Gasteiger partial charge >= 0.3 is 0 Å². The highest BCUT2D eigenvalue weighted by Crippen LogP contribution is 2.44. The van der Waals surface area contributed by atoms with E-state index in [9.17, 15) is 0 Å². The fraction of sp³-hybridized carbons (Fsp3) is 0. The quantitative estimate of drug-likeness (QED) is 0.147. The third-order valence-electron chi connectivity index (χ3n) is 13.4. The first-order chi connectivity index (χ1) is 30.7. The Labute approximate surface area is 360 Å².